The Bertz CT molecular complexity index is 822. The number of esters is 1. The molecule has 3 rings (SSSR count). The van der Waals surface area contributed by atoms with Crippen molar-refractivity contribution in [3.8, 4) is 0 Å². The number of imidazole rings is 1. The highest BCUT2D eigenvalue weighted by Crippen LogP contribution is 2.33. The second kappa shape index (κ2) is 6.97. The topological polar surface area (TPSA) is 73.1 Å². The number of aromatic nitrogens is 2. The molecule has 3 heterocycles. The quantitative estimate of drug-likeness (QED) is 0.783. The molecule has 2 aromatic rings. The Balaban J connectivity index is 1.91. The average molecular weight is 359 g/mol. The van der Waals surface area contributed by atoms with Crippen LogP contribution in [0, 0.1) is 0 Å². The molecule has 1 amide bonds. The van der Waals surface area contributed by atoms with Gasteiger partial charge in [0.2, 0.25) is 0 Å². The van der Waals surface area contributed by atoms with E-state index in [1.165, 1.54) is 0 Å². The van der Waals surface area contributed by atoms with Gasteiger partial charge in [-0.3, -0.25) is 4.90 Å². The molecule has 7 nitrogen and oxygen atoms in total. The smallest absolute Gasteiger partial charge is 0.410 e. The zero-order chi connectivity index (χ0) is 18.9. The van der Waals surface area contributed by atoms with Gasteiger partial charge in [-0.15, -0.1) is 0 Å². The van der Waals surface area contributed by atoms with Crippen LogP contribution in [0.2, 0.25) is 0 Å². The van der Waals surface area contributed by atoms with Crippen LogP contribution in [0.5, 0.6) is 0 Å². The van der Waals surface area contributed by atoms with Crippen LogP contribution >= 0.6 is 0 Å². The van der Waals surface area contributed by atoms with Crippen molar-refractivity contribution in [2.24, 2.45) is 0 Å². The van der Waals surface area contributed by atoms with Gasteiger partial charge < -0.3 is 13.9 Å². The summed E-state index contributed by atoms with van der Waals surface area (Å²) in [6.07, 6.45) is 5.08. The summed E-state index contributed by atoms with van der Waals surface area (Å²) in [5.74, 6) is -0.398. The molecular formula is C19H25N3O4. The number of pyridine rings is 1. The van der Waals surface area contributed by atoms with Gasteiger partial charge in [-0.05, 0) is 52.7 Å². The highest BCUT2D eigenvalue weighted by atomic mass is 16.6. The van der Waals surface area contributed by atoms with Crippen molar-refractivity contribution in [3.05, 3.63) is 35.8 Å². The standard InChI is InChI=1S/C19H25N3O4/c1-5-25-17(23)13-8-6-10-21-12-14(20-16(13)21)15-9-7-11-22(15)18(24)26-19(2,3)4/h6,8,10,12,15H,5,7,9,11H2,1-4H3/t15-/m1/s1. The number of nitrogens with zero attached hydrogens (tertiary/aromatic N) is 3. The summed E-state index contributed by atoms with van der Waals surface area (Å²) in [6, 6.07) is 3.33. The Morgan fingerprint density at radius 1 is 1.35 bits per heavy atom. The SMILES string of the molecule is CCOC(=O)c1cccn2cc([C@H]3CCCN3C(=O)OC(C)(C)C)nc12. The fraction of sp³-hybridized carbons (Fsp3) is 0.526. The normalized spacial score (nSPS) is 17.5. The minimum Gasteiger partial charge on any atom is -0.462 e. The Labute approximate surface area is 152 Å². The first-order valence-electron chi connectivity index (χ1n) is 8.94. The molecule has 0 unspecified atom stereocenters. The fourth-order valence-corrected chi connectivity index (χ4v) is 3.17. The van der Waals surface area contributed by atoms with Gasteiger partial charge in [0.15, 0.2) is 5.65 Å². The number of ether oxygens (including phenoxy) is 2. The molecule has 0 spiro atoms. The second-order valence-electron chi connectivity index (χ2n) is 7.37. The molecule has 0 aromatic carbocycles. The van der Waals surface area contributed by atoms with Gasteiger partial charge in [0, 0.05) is 18.9 Å². The van der Waals surface area contributed by atoms with E-state index in [1.54, 1.807) is 28.4 Å². The van der Waals surface area contributed by atoms with Gasteiger partial charge in [-0.25, -0.2) is 14.6 Å². The summed E-state index contributed by atoms with van der Waals surface area (Å²) < 4.78 is 12.4. The average Bonchev–Trinajstić information content (AvgIpc) is 3.19. The number of hydrogen-bond acceptors (Lipinski definition) is 5. The Morgan fingerprint density at radius 3 is 2.81 bits per heavy atom. The summed E-state index contributed by atoms with van der Waals surface area (Å²) in [6.45, 7) is 8.28. The van der Waals surface area contributed by atoms with Gasteiger partial charge in [0.25, 0.3) is 0 Å². The molecule has 0 bridgehead atoms. The van der Waals surface area contributed by atoms with Crippen molar-refractivity contribution in [1.29, 1.82) is 0 Å². The van der Waals surface area contributed by atoms with E-state index in [0.717, 1.165) is 18.5 Å². The molecule has 1 aliphatic heterocycles. The zero-order valence-electron chi connectivity index (χ0n) is 15.7. The summed E-state index contributed by atoms with van der Waals surface area (Å²) in [7, 11) is 0. The number of carbonyl (C=O) groups excluding carboxylic acids is 2. The first kappa shape index (κ1) is 18.2. The molecule has 0 N–H and O–H groups in total. The van der Waals surface area contributed by atoms with Crippen LogP contribution in [0.1, 0.15) is 62.6 Å². The maximum Gasteiger partial charge on any atom is 0.410 e. The number of carbonyl (C=O) groups is 2. The molecule has 2 aromatic heterocycles. The van der Waals surface area contributed by atoms with E-state index in [4.69, 9.17) is 9.47 Å². The van der Waals surface area contributed by atoms with Crippen molar-refractivity contribution >= 4 is 17.7 Å². The van der Waals surface area contributed by atoms with Crippen molar-refractivity contribution in [2.75, 3.05) is 13.2 Å². The van der Waals surface area contributed by atoms with Gasteiger partial charge in [0.1, 0.15) is 11.2 Å². The number of fused-ring (bicyclic) bond motifs is 1. The highest BCUT2D eigenvalue weighted by molar-refractivity contribution is 5.95. The Kier molecular flexibility index (Phi) is 4.89. The third kappa shape index (κ3) is 3.66. The van der Waals surface area contributed by atoms with Crippen molar-refractivity contribution in [1.82, 2.24) is 14.3 Å². The number of amides is 1. The monoisotopic (exact) mass is 359 g/mol. The van der Waals surface area contributed by atoms with E-state index in [0.29, 0.717) is 24.4 Å². The second-order valence-corrected chi connectivity index (χ2v) is 7.37. The molecule has 26 heavy (non-hydrogen) atoms. The van der Waals surface area contributed by atoms with Crippen molar-refractivity contribution in [2.45, 2.75) is 52.2 Å². The summed E-state index contributed by atoms with van der Waals surface area (Å²) in [5.41, 5.74) is 1.17. The maximum absolute atomic E-state index is 12.5. The summed E-state index contributed by atoms with van der Waals surface area (Å²) in [4.78, 5) is 31.0. The van der Waals surface area contributed by atoms with E-state index in [2.05, 4.69) is 4.98 Å². The zero-order valence-corrected chi connectivity index (χ0v) is 15.7. The van der Waals surface area contributed by atoms with Crippen LogP contribution in [0.4, 0.5) is 4.79 Å². The van der Waals surface area contributed by atoms with Crippen LogP contribution in [0.3, 0.4) is 0 Å². The predicted octanol–water partition coefficient (Wildman–Crippen LogP) is 3.58. The van der Waals surface area contributed by atoms with E-state index < -0.39 is 11.6 Å². The third-order valence-corrected chi connectivity index (χ3v) is 4.22. The van der Waals surface area contributed by atoms with Gasteiger partial charge >= 0.3 is 12.1 Å². The van der Waals surface area contributed by atoms with Crippen LogP contribution in [-0.2, 0) is 9.47 Å². The summed E-state index contributed by atoms with van der Waals surface area (Å²) >= 11 is 0. The van der Waals surface area contributed by atoms with E-state index in [-0.39, 0.29) is 12.1 Å². The van der Waals surface area contributed by atoms with Gasteiger partial charge in [-0.2, -0.15) is 0 Å². The van der Waals surface area contributed by atoms with Gasteiger partial charge in [-0.1, -0.05) is 0 Å². The van der Waals surface area contributed by atoms with E-state index in [1.807, 2.05) is 33.2 Å². The van der Waals surface area contributed by atoms with Crippen LogP contribution < -0.4 is 0 Å². The first-order valence-corrected chi connectivity index (χ1v) is 8.94. The lowest BCUT2D eigenvalue weighted by molar-refractivity contribution is 0.0221. The van der Waals surface area contributed by atoms with Gasteiger partial charge in [0.05, 0.1) is 18.3 Å². The Hall–Kier alpha value is -2.57. The molecule has 1 atom stereocenters. The fourth-order valence-electron chi connectivity index (χ4n) is 3.17. The lowest BCUT2D eigenvalue weighted by Crippen LogP contribution is -2.36. The molecule has 1 aliphatic rings. The van der Waals surface area contributed by atoms with Crippen molar-refractivity contribution in [3.63, 3.8) is 0 Å². The summed E-state index contributed by atoms with van der Waals surface area (Å²) in [5, 5.41) is 0. The van der Waals surface area contributed by atoms with Crippen LogP contribution in [-0.4, -0.2) is 45.1 Å². The molecule has 0 radical (unpaired) electrons. The van der Waals surface area contributed by atoms with E-state index in [9.17, 15) is 9.59 Å². The lowest BCUT2D eigenvalue weighted by atomic mass is 10.1. The number of rotatable bonds is 3. The number of likely N-dealkylation sites (tertiary alicyclic amines) is 1. The molecule has 0 aliphatic carbocycles. The van der Waals surface area contributed by atoms with Crippen molar-refractivity contribution < 1.29 is 19.1 Å². The molecule has 0 saturated carbocycles. The highest BCUT2D eigenvalue weighted by Gasteiger charge is 2.34. The van der Waals surface area contributed by atoms with Crippen LogP contribution in [0.15, 0.2) is 24.5 Å². The van der Waals surface area contributed by atoms with Crippen LogP contribution in [0.25, 0.3) is 5.65 Å². The maximum atomic E-state index is 12.5. The lowest BCUT2D eigenvalue weighted by Gasteiger charge is -2.27. The minimum atomic E-state index is -0.541. The molecule has 7 heteroatoms. The molecule has 140 valence electrons. The minimum absolute atomic E-state index is 0.153. The molecule has 1 saturated heterocycles. The number of hydrogen-bond donors (Lipinski definition) is 0. The first-order chi connectivity index (χ1) is 12.3. The Morgan fingerprint density at radius 2 is 2.12 bits per heavy atom. The largest absolute Gasteiger partial charge is 0.462 e. The predicted molar refractivity (Wildman–Crippen MR) is 96.1 cm³/mol. The van der Waals surface area contributed by atoms with E-state index >= 15 is 0 Å². The third-order valence-electron chi connectivity index (χ3n) is 4.22. The molecule has 1 fully saturated rings. The molecular weight excluding hydrogens is 334 g/mol.